The van der Waals surface area contributed by atoms with Crippen molar-refractivity contribution < 1.29 is 17.9 Å². The Kier molecular flexibility index (Phi) is 6.43. The van der Waals surface area contributed by atoms with Crippen LogP contribution in [0.2, 0.25) is 5.02 Å². The molecule has 2 atom stereocenters. The van der Waals surface area contributed by atoms with Gasteiger partial charge in [0, 0.05) is 44.3 Å². The van der Waals surface area contributed by atoms with E-state index in [0.29, 0.717) is 50.8 Å². The molecule has 1 amide bonds. The normalized spacial score (nSPS) is 25.5. The van der Waals surface area contributed by atoms with Gasteiger partial charge in [-0.2, -0.15) is 4.31 Å². The molecule has 0 saturated carbocycles. The van der Waals surface area contributed by atoms with E-state index in [1.54, 1.807) is 18.2 Å². The third-order valence-corrected chi connectivity index (χ3v) is 7.03. The summed E-state index contributed by atoms with van der Waals surface area (Å²) >= 11 is 5.92. The number of amides is 1. The molecule has 0 bridgehead atoms. The largest absolute Gasteiger partial charge is 0.372 e. The first-order valence-corrected chi connectivity index (χ1v) is 11.0. The number of nitrogens with zero attached hydrogens (tertiary/aromatic N) is 3. The van der Waals surface area contributed by atoms with Gasteiger partial charge in [0.05, 0.1) is 23.6 Å². The van der Waals surface area contributed by atoms with Gasteiger partial charge >= 0.3 is 0 Å². The van der Waals surface area contributed by atoms with Crippen LogP contribution >= 0.6 is 11.6 Å². The van der Waals surface area contributed by atoms with Gasteiger partial charge in [-0.25, -0.2) is 8.42 Å². The standard InChI is InChI=1S/C18H26ClN3O4S/c1-14-11-21(12-15(2)26-14)18(23)13-20-6-8-22(9-7-20)27(24,25)17-5-3-4-16(19)10-17/h3-5,10,14-15H,6-9,11-13H2,1-2H3/t14-,15-/m1/s1. The highest BCUT2D eigenvalue weighted by Crippen LogP contribution is 2.21. The van der Waals surface area contributed by atoms with E-state index < -0.39 is 10.0 Å². The molecule has 9 heteroatoms. The molecule has 2 fully saturated rings. The first kappa shape index (κ1) is 20.5. The second kappa shape index (κ2) is 8.45. The molecule has 27 heavy (non-hydrogen) atoms. The quantitative estimate of drug-likeness (QED) is 0.741. The summed E-state index contributed by atoms with van der Waals surface area (Å²) in [5.74, 6) is 0.0724. The minimum absolute atomic E-state index is 0.0392. The fourth-order valence-corrected chi connectivity index (χ4v) is 5.30. The first-order valence-electron chi connectivity index (χ1n) is 9.17. The van der Waals surface area contributed by atoms with Crippen LogP contribution < -0.4 is 0 Å². The molecule has 2 aliphatic heterocycles. The average molecular weight is 416 g/mol. The number of halogens is 1. The Labute approximate surface area is 165 Å². The number of piperazine rings is 1. The molecule has 0 aliphatic carbocycles. The molecule has 2 aliphatic rings. The molecule has 0 aromatic heterocycles. The zero-order valence-electron chi connectivity index (χ0n) is 15.7. The van der Waals surface area contributed by atoms with E-state index in [1.165, 1.54) is 10.4 Å². The van der Waals surface area contributed by atoms with Crippen molar-refractivity contribution in [3.63, 3.8) is 0 Å². The van der Waals surface area contributed by atoms with Gasteiger partial charge < -0.3 is 9.64 Å². The van der Waals surface area contributed by atoms with Gasteiger partial charge in [0.25, 0.3) is 0 Å². The molecule has 2 saturated heterocycles. The first-order chi connectivity index (χ1) is 12.8. The summed E-state index contributed by atoms with van der Waals surface area (Å²) in [5.41, 5.74) is 0. The molecule has 0 N–H and O–H groups in total. The number of rotatable bonds is 4. The van der Waals surface area contributed by atoms with Gasteiger partial charge in [-0.05, 0) is 32.0 Å². The van der Waals surface area contributed by atoms with E-state index in [-0.39, 0.29) is 23.0 Å². The molecule has 3 rings (SSSR count). The highest BCUT2D eigenvalue weighted by Gasteiger charge is 2.31. The maximum atomic E-state index is 12.7. The summed E-state index contributed by atoms with van der Waals surface area (Å²) < 4.78 is 32.6. The Morgan fingerprint density at radius 2 is 1.78 bits per heavy atom. The van der Waals surface area contributed by atoms with E-state index in [1.807, 2.05) is 23.6 Å². The van der Waals surface area contributed by atoms with Gasteiger partial charge in [0.15, 0.2) is 0 Å². The molecule has 0 spiro atoms. The van der Waals surface area contributed by atoms with Gasteiger partial charge in [-0.3, -0.25) is 9.69 Å². The lowest BCUT2D eigenvalue weighted by Crippen LogP contribution is -2.54. The number of hydrogen-bond donors (Lipinski definition) is 0. The number of hydrogen-bond acceptors (Lipinski definition) is 5. The highest BCUT2D eigenvalue weighted by molar-refractivity contribution is 7.89. The van der Waals surface area contributed by atoms with E-state index in [4.69, 9.17) is 16.3 Å². The predicted molar refractivity (Wildman–Crippen MR) is 103 cm³/mol. The average Bonchev–Trinajstić information content (AvgIpc) is 2.61. The molecule has 0 radical (unpaired) electrons. The topological polar surface area (TPSA) is 70.2 Å². The molecular weight excluding hydrogens is 390 g/mol. The van der Waals surface area contributed by atoms with Gasteiger partial charge in [-0.15, -0.1) is 0 Å². The number of morpholine rings is 1. The minimum atomic E-state index is -3.56. The van der Waals surface area contributed by atoms with Crippen molar-refractivity contribution in [2.45, 2.75) is 31.0 Å². The Morgan fingerprint density at radius 3 is 2.37 bits per heavy atom. The lowest BCUT2D eigenvalue weighted by atomic mass is 10.2. The third kappa shape index (κ3) is 5.00. The Hall–Kier alpha value is -1.19. The maximum absolute atomic E-state index is 12.7. The summed E-state index contributed by atoms with van der Waals surface area (Å²) in [6.45, 7) is 7.23. The fourth-order valence-electron chi connectivity index (χ4n) is 3.58. The lowest BCUT2D eigenvalue weighted by molar-refractivity contribution is -0.144. The smallest absolute Gasteiger partial charge is 0.243 e. The summed E-state index contributed by atoms with van der Waals surface area (Å²) in [7, 11) is -3.56. The van der Waals surface area contributed by atoms with E-state index in [2.05, 4.69) is 0 Å². The fraction of sp³-hybridized carbons (Fsp3) is 0.611. The van der Waals surface area contributed by atoms with Crippen molar-refractivity contribution in [1.82, 2.24) is 14.1 Å². The van der Waals surface area contributed by atoms with Crippen molar-refractivity contribution in [3.8, 4) is 0 Å². The van der Waals surface area contributed by atoms with Crippen molar-refractivity contribution in [3.05, 3.63) is 29.3 Å². The zero-order valence-corrected chi connectivity index (χ0v) is 17.2. The van der Waals surface area contributed by atoms with Crippen LogP contribution in [0.5, 0.6) is 0 Å². The summed E-state index contributed by atoms with van der Waals surface area (Å²) in [6, 6.07) is 6.30. The highest BCUT2D eigenvalue weighted by atomic mass is 35.5. The molecule has 1 aromatic carbocycles. The van der Waals surface area contributed by atoms with Crippen LogP contribution in [-0.2, 0) is 19.6 Å². The summed E-state index contributed by atoms with van der Waals surface area (Å²) in [4.78, 5) is 16.6. The van der Waals surface area contributed by atoms with Gasteiger partial charge in [0.1, 0.15) is 0 Å². The Morgan fingerprint density at radius 1 is 1.15 bits per heavy atom. The third-order valence-electron chi connectivity index (χ3n) is 4.90. The molecule has 150 valence electrons. The van der Waals surface area contributed by atoms with Crippen molar-refractivity contribution in [2.75, 3.05) is 45.8 Å². The zero-order chi connectivity index (χ0) is 19.6. The van der Waals surface area contributed by atoms with Crippen LogP contribution in [0.4, 0.5) is 0 Å². The number of sulfonamides is 1. The molecular formula is C18H26ClN3O4S. The molecule has 1 aromatic rings. The lowest BCUT2D eigenvalue weighted by Gasteiger charge is -2.38. The second-order valence-electron chi connectivity index (χ2n) is 7.19. The van der Waals surface area contributed by atoms with Crippen molar-refractivity contribution in [1.29, 1.82) is 0 Å². The molecule has 0 unspecified atom stereocenters. The monoisotopic (exact) mass is 415 g/mol. The number of carbonyl (C=O) groups excluding carboxylic acids is 1. The summed E-state index contributed by atoms with van der Waals surface area (Å²) in [6.07, 6.45) is 0.0785. The van der Waals surface area contributed by atoms with Crippen LogP contribution in [0.1, 0.15) is 13.8 Å². The van der Waals surface area contributed by atoms with Gasteiger partial charge in [-0.1, -0.05) is 17.7 Å². The number of ether oxygens (including phenoxy) is 1. The number of benzene rings is 1. The molecule has 7 nitrogen and oxygen atoms in total. The SMILES string of the molecule is C[C@@H]1CN(C(=O)CN2CCN(S(=O)(=O)c3cccc(Cl)c3)CC2)C[C@@H](C)O1. The maximum Gasteiger partial charge on any atom is 0.243 e. The Bertz CT molecular complexity index is 771. The predicted octanol–water partition coefficient (Wildman–Crippen LogP) is 1.28. The van der Waals surface area contributed by atoms with E-state index >= 15 is 0 Å². The molecule has 2 heterocycles. The van der Waals surface area contributed by atoms with E-state index in [0.717, 1.165) is 0 Å². The van der Waals surface area contributed by atoms with Crippen molar-refractivity contribution >= 4 is 27.5 Å². The van der Waals surface area contributed by atoms with Crippen LogP contribution in [0, 0.1) is 0 Å². The minimum Gasteiger partial charge on any atom is -0.372 e. The van der Waals surface area contributed by atoms with Crippen LogP contribution in [0.3, 0.4) is 0 Å². The van der Waals surface area contributed by atoms with Crippen LogP contribution in [0.15, 0.2) is 29.2 Å². The summed E-state index contributed by atoms with van der Waals surface area (Å²) in [5, 5.41) is 0.397. The van der Waals surface area contributed by atoms with Gasteiger partial charge in [0.2, 0.25) is 15.9 Å². The van der Waals surface area contributed by atoms with Crippen LogP contribution in [0.25, 0.3) is 0 Å². The number of carbonyl (C=O) groups is 1. The van der Waals surface area contributed by atoms with Crippen molar-refractivity contribution in [2.24, 2.45) is 0 Å². The Balaban J connectivity index is 1.55. The van der Waals surface area contributed by atoms with Crippen LogP contribution in [-0.4, -0.2) is 86.5 Å². The van der Waals surface area contributed by atoms with E-state index in [9.17, 15) is 13.2 Å². The second-order valence-corrected chi connectivity index (χ2v) is 9.57.